The first-order chi connectivity index (χ1) is 7.66. The Bertz CT molecular complexity index is 416. The minimum atomic E-state index is -0.385. The van der Waals surface area contributed by atoms with Crippen LogP contribution in [0, 0.1) is 0 Å². The third kappa shape index (κ3) is 2.43. The minimum absolute atomic E-state index is 0.336. The first kappa shape index (κ1) is 11.2. The van der Waals surface area contributed by atoms with Crippen molar-refractivity contribution >= 4 is 0 Å². The summed E-state index contributed by atoms with van der Waals surface area (Å²) in [5.41, 5.74) is -0.385. The van der Waals surface area contributed by atoms with Gasteiger partial charge in [0.25, 0.3) is 0 Å². The van der Waals surface area contributed by atoms with Gasteiger partial charge in [-0.2, -0.15) is 0 Å². The topological polar surface area (TPSA) is 65.7 Å². The zero-order valence-electron chi connectivity index (χ0n) is 9.27. The fourth-order valence-electron chi connectivity index (χ4n) is 1.84. The number of rotatable bonds is 2. The van der Waals surface area contributed by atoms with Crippen LogP contribution in [0.2, 0.25) is 0 Å². The van der Waals surface area contributed by atoms with Crippen molar-refractivity contribution in [1.29, 1.82) is 0 Å². The van der Waals surface area contributed by atoms with Crippen LogP contribution in [0.15, 0.2) is 21.5 Å². The lowest BCUT2D eigenvalue weighted by Crippen LogP contribution is -2.49. The molecule has 0 saturated carbocycles. The molecule has 1 aliphatic heterocycles. The Morgan fingerprint density at radius 1 is 1.69 bits per heavy atom. The molecule has 1 aromatic heterocycles. The maximum atomic E-state index is 11.2. The Hall–Kier alpha value is -1.33. The second-order valence-corrected chi connectivity index (χ2v) is 4.12. The predicted octanol–water partition coefficient (Wildman–Crippen LogP) is 0.139. The van der Waals surface area contributed by atoms with Gasteiger partial charge in [0.15, 0.2) is 5.75 Å². The fraction of sp³-hybridized carbons (Fsp3) is 0.545. The van der Waals surface area contributed by atoms with Crippen molar-refractivity contribution in [3.8, 4) is 5.75 Å². The predicted molar refractivity (Wildman–Crippen MR) is 59.4 cm³/mol. The number of nitrogens with one attached hydrogen (secondary N) is 1. The number of hydrogen-bond acceptors (Lipinski definition) is 5. The fourth-order valence-corrected chi connectivity index (χ4v) is 1.84. The molecule has 0 aliphatic carbocycles. The number of aromatic hydroxyl groups is 1. The highest BCUT2D eigenvalue weighted by molar-refractivity contribution is 5.15. The Balaban J connectivity index is 2.08. The van der Waals surface area contributed by atoms with Gasteiger partial charge in [0, 0.05) is 31.7 Å². The van der Waals surface area contributed by atoms with Crippen molar-refractivity contribution < 1.29 is 9.52 Å². The highest BCUT2D eigenvalue weighted by atomic mass is 16.4. The lowest BCUT2D eigenvalue weighted by Gasteiger charge is -2.33. The summed E-state index contributed by atoms with van der Waals surface area (Å²) in [7, 11) is 0. The Morgan fingerprint density at radius 2 is 2.50 bits per heavy atom. The van der Waals surface area contributed by atoms with E-state index in [-0.39, 0.29) is 11.2 Å². The maximum Gasteiger partial charge on any atom is 0.226 e. The van der Waals surface area contributed by atoms with Gasteiger partial charge in [0.2, 0.25) is 5.43 Å². The average molecular weight is 224 g/mol. The van der Waals surface area contributed by atoms with Gasteiger partial charge in [-0.1, -0.05) is 0 Å². The summed E-state index contributed by atoms with van der Waals surface area (Å²) in [6.07, 6.45) is 1.10. The van der Waals surface area contributed by atoms with Gasteiger partial charge in [0.1, 0.15) is 12.0 Å². The van der Waals surface area contributed by atoms with Gasteiger partial charge in [-0.25, -0.2) is 0 Å². The van der Waals surface area contributed by atoms with Crippen molar-refractivity contribution in [2.24, 2.45) is 0 Å². The van der Waals surface area contributed by atoms with Crippen LogP contribution in [-0.2, 0) is 6.54 Å². The molecule has 0 radical (unpaired) electrons. The van der Waals surface area contributed by atoms with Crippen LogP contribution in [-0.4, -0.2) is 35.7 Å². The van der Waals surface area contributed by atoms with Gasteiger partial charge >= 0.3 is 0 Å². The first-order valence-electron chi connectivity index (χ1n) is 5.42. The lowest BCUT2D eigenvalue weighted by molar-refractivity contribution is 0.152. The second-order valence-electron chi connectivity index (χ2n) is 4.12. The zero-order valence-corrected chi connectivity index (χ0v) is 9.27. The third-order valence-electron chi connectivity index (χ3n) is 2.86. The minimum Gasteiger partial charge on any atom is -0.502 e. The molecule has 1 aromatic rings. The number of nitrogens with zero attached hydrogens (tertiary/aromatic N) is 1. The van der Waals surface area contributed by atoms with Crippen molar-refractivity contribution in [3.05, 3.63) is 28.3 Å². The van der Waals surface area contributed by atoms with Gasteiger partial charge in [0.05, 0.1) is 6.54 Å². The Morgan fingerprint density at radius 3 is 3.19 bits per heavy atom. The molecule has 2 N–H and O–H groups in total. The first-order valence-corrected chi connectivity index (χ1v) is 5.42. The van der Waals surface area contributed by atoms with E-state index in [4.69, 9.17) is 9.52 Å². The summed E-state index contributed by atoms with van der Waals surface area (Å²) >= 11 is 0. The summed E-state index contributed by atoms with van der Waals surface area (Å²) in [6, 6.07) is 1.78. The molecule has 2 heterocycles. The summed E-state index contributed by atoms with van der Waals surface area (Å²) < 4.78 is 5.18. The zero-order chi connectivity index (χ0) is 11.5. The molecule has 1 fully saturated rings. The molecular formula is C11H16N2O3. The van der Waals surface area contributed by atoms with Gasteiger partial charge in [-0.05, 0) is 6.92 Å². The van der Waals surface area contributed by atoms with E-state index in [0.29, 0.717) is 18.3 Å². The Kier molecular flexibility index (Phi) is 3.26. The van der Waals surface area contributed by atoms with Crippen LogP contribution < -0.4 is 10.7 Å². The van der Waals surface area contributed by atoms with Crippen LogP contribution in [0.4, 0.5) is 0 Å². The molecule has 16 heavy (non-hydrogen) atoms. The highest BCUT2D eigenvalue weighted by Gasteiger charge is 2.18. The molecule has 0 unspecified atom stereocenters. The molecule has 0 spiro atoms. The van der Waals surface area contributed by atoms with E-state index < -0.39 is 0 Å². The van der Waals surface area contributed by atoms with Crippen molar-refractivity contribution in [2.75, 3.05) is 19.6 Å². The van der Waals surface area contributed by atoms with Gasteiger partial charge in [-0.3, -0.25) is 9.69 Å². The van der Waals surface area contributed by atoms with E-state index in [9.17, 15) is 4.79 Å². The summed E-state index contributed by atoms with van der Waals surface area (Å²) in [4.78, 5) is 13.5. The van der Waals surface area contributed by atoms with E-state index >= 15 is 0 Å². The molecule has 88 valence electrons. The normalized spacial score (nSPS) is 22.2. The molecule has 0 amide bonds. The molecule has 1 atom stereocenters. The molecule has 2 rings (SSSR count). The van der Waals surface area contributed by atoms with Crippen molar-refractivity contribution in [2.45, 2.75) is 19.5 Å². The van der Waals surface area contributed by atoms with E-state index in [0.717, 1.165) is 25.9 Å². The second kappa shape index (κ2) is 4.67. The highest BCUT2D eigenvalue weighted by Crippen LogP contribution is 2.10. The monoisotopic (exact) mass is 224 g/mol. The van der Waals surface area contributed by atoms with Crippen molar-refractivity contribution in [3.63, 3.8) is 0 Å². The lowest BCUT2D eigenvalue weighted by atomic mass is 10.2. The van der Waals surface area contributed by atoms with E-state index in [1.807, 2.05) is 0 Å². The summed E-state index contributed by atoms with van der Waals surface area (Å²) in [6.45, 7) is 5.57. The number of piperazine rings is 1. The third-order valence-corrected chi connectivity index (χ3v) is 2.86. The van der Waals surface area contributed by atoms with Crippen LogP contribution in [0.3, 0.4) is 0 Å². The molecular weight excluding hydrogens is 208 g/mol. The van der Waals surface area contributed by atoms with Crippen LogP contribution in [0.5, 0.6) is 5.75 Å². The molecule has 0 aromatic carbocycles. The molecule has 1 aliphatic rings. The molecule has 0 bridgehead atoms. The summed E-state index contributed by atoms with van der Waals surface area (Å²) in [5, 5.41) is 12.4. The maximum absolute atomic E-state index is 11.2. The SMILES string of the molecule is C[C@H]1CNCCN1Cc1cc(=O)c(O)co1. The van der Waals surface area contributed by atoms with E-state index in [1.54, 1.807) is 0 Å². The van der Waals surface area contributed by atoms with Gasteiger partial charge in [-0.15, -0.1) is 0 Å². The standard InChI is InChI=1S/C11H16N2O3/c1-8-5-12-2-3-13(8)6-9-4-10(14)11(15)7-16-9/h4,7-8,12,15H,2-3,5-6H2,1H3/t8-/m0/s1. The van der Waals surface area contributed by atoms with E-state index in [2.05, 4.69) is 17.1 Å². The molecule has 1 saturated heterocycles. The van der Waals surface area contributed by atoms with E-state index in [1.165, 1.54) is 6.07 Å². The molecule has 5 heteroatoms. The van der Waals surface area contributed by atoms with Crippen LogP contribution >= 0.6 is 0 Å². The van der Waals surface area contributed by atoms with Crippen molar-refractivity contribution in [1.82, 2.24) is 10.2 Å². The molecule has 5 nitrogen and oxygen atoms in total. The van der Waals surface area contributed by atoms with Gasteiger partial charge < -0.3 is 14.8 Å². The Labute approximate surface area is 93.7 Å². The number of hydrogen-bond donors (Lipinski definition) is 2. The van der Waals surface area contributed by atoms with Crippen LogP contribution in [0.25, 0.3) is 0 Å². The smallest absolute Gasteiger partial charge is 0.226 e. The quantitative estimate of drug-likeness (QED) is 0.748. The largest absolute Gasteiger partial charge is 0.502 e. The van der Waals surface area contributed by atoms with Crippen LogP contribution in [0.1, 0.15) is 12.7 Å². The summed E-state index contributed by atoms with van der Waals surface area (Å²) in [5.74, 6) is 0.258. The average Bonchev–Trinajstić information content (AvgIpc) is 2.27.